The summed E-state index contributed by atoms with van der Waals surface area (Å²) >= 11 is 0. The van der Waals surface area contributed by atoms with Gasteiger partial charge < -0.3 is 15.2 Å². The molecule has 1 aliphatic rings. The highest BCUT2D eigenvalue weighted by molar-refractivity contribution is 5.75. The number of aliphatic carboxylic acids is 1. The summed E-state index contributed by atoms with van der Waals surface area (Å²) in [6.45, 7) is 0.114. The van der Waals surface area contributed by atoms with Crippen LogP contribution < -0.4 is 5.32 Å². The highest BCUT2D eigenvalue weighted by Gasteiger charge is 2.34. The minimum Gasteiger partial charge on any atom is -0.481 e. The van der Waals surface area contributed by atoms with Gasteiger partial charge in [-0.3, -0.25) is 4.79 Å². The van der Waals surface area contributed by atoms with Crippen molar-refractivity contribution in [2.45, 2.75) is 12.5 Å². The van der Waals surface area contributed by atoms with Gasteiger partial charge in [0, 0.05) is 0 Å². The monoisotopic (exact) mass is 235 g/mol. The van der Waals surface area contributed by atoms with Gasteiger partial charge in [0.2, 0.25) is 0 Å². The van der Waals surface area contributed by atoms with Gasteiger partial charge in [-0.2, -0.15) is 0 Å². The maximum absolute atomic E-state index is 11.2. The topological polar surface area (TPSA) is 75.6 Å². The lowest BCUT2D eigenvalue weighted by Crippen LogP contribution is -2.39. The van der Waals surface area contributed by atoms with Gasteiger partial charge in [0.05, 0.1) is 12.0 Å². The van der Waals surface area contributed by atoms with Crippen LogP contribution in [0.5, 0.6) is 0 Å². The molecule has 1 fully saturated rings. The summed E-state index contributed by atoms with van der Waals surface area (Å²) in [6.07, 6.45) is -0.167. The number of carbonyl (C=O) groups excluding carboxylic acids is 1. The number of cyclic esters (lactones) is 1. The van der Waals surface area contributed by atoms with Gasteiger partial charge >= 0.3 is 12.1 Å². The van der Waals surface area contributed by atoms with E-state index in [1.165, 1.54) is 0 Å². The lowest BCUT2D eigenvalue weighted by Gasteiger charge is -2.17. The van der Waals surface area contributed by atoms with Crippen LogP contribution in [0.15, 0.2) is 30.3 Å². The van der Waals surface area contributed by atoms with Crippen molar-refractivity contribution in [3.63, 3.8) is 0 Å². The van der Waals surface area contributed by atoms with Crippen LogP contribution in [0.3, 0.4) is 0 Å². The summed E-state index contributed by atoms with van der Waals surface area (Å²) in [5.41, 5.74) is 0.932. The SMILES string of the molecule is O=C1N[C@H]([C@@H](Cc2ccccc2)C(=O)O)CO1. The van der Waals surface area contributed by atoms with E-state index in [4.69, 9.17) is 4.74 Å². The normalized spacial score (nSPS) is 20.5. The molecule has 2 rings (SSSR count). The van der Waals surface area contributed by atoms with Crippen molar-refractivity contribution in [1.29, 1.82) is 0 Å². The maximum Gasteiger partial charge on any atom is 0.407 e. The largest absolute Gasteiger partial charge is 0.481 e. The van der Waals surface area contributed by atoms with E-state index < -0.39 is 24.0 Å². The molecule has 0 aliphatic carbocycles. The van der Waals surface area contributed by atoms with Crippen molar-refractivity contribution in [3.05, 3.63) is 35.9 Å². The summed E-state index contributed by atoms with van der Waals surface area (Å²) in [4.78, 5) is 22.1. The Labute approximate surface area is 98.4 Å². The molecule has 1 saturated heterocycles. The molecule has 1 amide bonds. The van der Waals surface area contributed by atoms with Gasteiger partial charge in [0.1, 0.15) is 6.61 Å². The zero-order valence-electron chi connectivity index (χ0n) is 9.13. The number of carboxylic acid groups (broad SMARTS) is 1. The van der Waals surface area contributed by atoms with Crippen LogP contribution in [0.1, 0.15) is 5.56 Å². The molecule has 2 atom stereocenters. The van der Waals surface area contributed by atoms with E-state index in [1.54, 1.807) is 0 Å². The molecular formula is C12H13NO4. The lowest BCUT2D eigenvalue weighted by atomic mass is 9.93. The van der Waals surface area contributed by atoms with E-state index in [1.807, 2.05) is 30.3 Å². The first kappa shape index (κ1) is 11.4. The number of carboxylic acids is 1. The van der Waals surface area contributed by atoms with Gasteiger partial charge in [-0.05, 0) is 12.0 Å². The van der Waals surface area contributed by atoms with Gasteiger partial charge in [-0.15, -0.1) is 0 Å². The molecule has 1 aromatic carbocycles. The van der Waals surface area contributed by atoms with Gasteiger partial charge in [-0.25, -0.2) is 4.79 Å². The number of carbonyl (C=O) groups is 2. The first-order chi connectivity index (χ1) is 8.16. The number of rotatable bonds is 4. The third-order valence-electron chi connectivity index (χ3n) is 2.80. The second-order valence-electron chi connectivity index (χ2n) is 3.98. The Morgan fingerprint density at radius 3 is 2.71 bits per heavy atom. The van der Waals surface area contributed by atoms with Crippen molar-refractivity contribution in [3.8, 4) is 0 Å². The second kappa shape index (κ2) is 4.86. The fourth-order valence-corrected chi connectivity index (χ4v) is 1.89. The Bertz CT molecular complexity index is 418. The molecule has 0 saturated carbocycles. The molecule has 1 aromatic rings. The quantitative estimate of drug-likeness (QED) is 0.817. The van der Waals surface area contributed by atoms with Crippen LogP contribution >= 0.6 is 0 Å². The van der Waals surface area contributed by atoms with E-state index in [0.717, 1.165) is 5.56 Å². The highest BCUT2D eigenvalue weighted by Crippen LogP contribution is 2.16. The van der Waals surface area contributed by atoms with Crippen LogP contribution in [0.25, 0.3) is 0 Å². The molecular weight excluding hydrogens is 222 g/mol. The van der Waals surface area contributed by atoms with Gasteiger partial charge in [0.15, 0.2) is 0 Å². The number of hydrogen-bond acceptors (Lipinski definition) is 3. The molecule has 0 unspecified atom stereocenters. The summed E-state index contributed by atoms with van der Waals surface area (Å²) in [7, 11) is 0. The number of ether oxygens (including phenoxy) is 1. The molecule has 5 nitrogen and oxygen atoms in total. The van der Waals surface area contributed by atoms with Gasteiger partial charge in [0.25, 0.3) is 0 Å². The average Bonchev–Trinajstić information content (AvgIpc) is 2.73. The average molecular weight is 235 g/mol. The first-order valence-electron chi connectivity index (χ1n) is 5.37. The van der Waals surface area contributed by atoms with Crippen LogP contribution in [0.4, 0.5) is 4.79 Å². The van der Waals surface area contributed by atoms with Crippen LogP contribution in [-0.2, 0) is 16.0 Å². The molecule has 5 heteroatoms. The predicted octanol–water partition coefficient (Wildman–Crippen LogP) is 1.04. The van der Waals surface area contributed by atoms with Crippen molar-refractivity contribution >= 4 is 12.1 Å². The van der Waals surface area contributed by atoms with Crippen LogP contribution in [0, 0.1) is 5.92 Å². The number of nitrogens with one attached hydrogen (secondary N) is 1. The Morgan fingerprint density at radius 2 is 2.18 bits per heavy atom. The number of benzene rings is 1. The van der Waals surface area contributed by atoms with E-state index in [-0.39, 0.29) is 6.61 Å². The van der Waals surface area contributed by atoms with E-state index >= 15 is 0 Å². The minimum absolute atomic E-state index is 0.114. The summed E-state index contributed by atoms with van der Waals surface area (Å²) in [5, 5.41) is 11.7. The Kier molecular flexibility index (Phi) is 3.27. The van der Waals surface area contributed by atoms with Crippen molar-refractivity contribution < 1.29 is 19.4 Å². The lowest BCUT2D eigenvalue weighted by molar-refractivity contribution is -0.142. The maximum atomic E-state index is 11.2. The zero-order valence-corrected chi connectivity index (χ0v) is 9.13. The third kappa shape index (κ3) is 2.75. The fraction of sp³-hybridized carbons (Fsp3) is 0.333. The predicted molar refractivity (Wildman–Crippen MR) is 59.5 cm³/mol. The molecule has 17 heavy (non-hydrogen) atoms. The molecule has 0 radical (unpaired) electrons. The van der Waals surface area contributed by atoms with Crippen molar-refractivity contribution in [2.24, 2.45) is 5.92 Å². The molecule has 90 valence electrons. The summed E-state index contributed by atoms with van der Waals surface area (Å²) in [5.74, 6) is -1.59. The summed E-state index contributed by atoms with van der Waals surface area (Å²) < 4.78 is 4.72. The minimum atomic E-state index is -0.926. The Morgan fingerprint density at radius 1 is 1.47 bits per heavy atom. The molecule has 0 bridgehead atoms. The van der Waals surface area contributed by atoms with Gasteiger partial charge in [-0.1, -0.05) is 30.3 Å². The molecule has 0 aromatic heterocycles. The Balaban J connectivity index is 2.08. The standard InChI is InChI=1S/C12H13NO4/c14-11(15)9(10-7-17-12(16)13-10)6-8-4-2-1-3-5-8/h1-5,9-10H,6-7H2,(H,13,16)(H,14,15)/t9-,10+/m1/s1. The first-order valence-corrected chi connectivity index (χ1v) is 5.37. The van der Waals surface area contributed by atoms with Crippen LogP contribution in [-0.4, -0.2) is 29.8 Å². The van der Waals surface area contributed by atoms with Crippen LogP contribution in [0.2, 0.25) is 0 Å². The van der Waals surface area contributed by atoms with Crippen molar-refractivity contribution in [1.82, 2.24) is 5.32 Å². The molecule has 2 N–H and O–H groups in total. The third-order valence-corrected chi connectivity index (χ3v) is 2.80. The van der Waals surface area contributed by atoms with Crippen molar-refractivity contribution in [2.75, 3.05) is 6.61 Å². The smallest absolute Gasteiger partial charge is 0.407 e. The Hall–Kier alpha value is -2.04. The summed E-state index contributed by atoms with van der Waals surface area (Å²) in [6, 6.07) is 8.87. The number of alkyl carbamates (subject to hydrolysis) is 1. The molecule has 0 spiro atoms. The van der Waals surface area contributed by atoms with E-state index in [0.29, 0.717) is 6.42 Å². The second-order valence-corrected chi connectivity index (χ2v) is 3.98. The number of amides is 1. The van der Waals surface area contributed by atoms with E-state index in [9.17, 15) is 14.7 Å². The number of hydrogen-bond donors (Lipinski definition) is 2. The molecule has 1 heterocycles. The zero-order chi connectivity index (χ0) is 12.3. The fourth-order valence-electron chi connectivity index (χ4n) is 1.89. The van der Waals surface area contributed by atoms with E-state index in [2.05, 4.69) is 5.32 Å². The highest BCUT2D eigenvalue weighted by atomic mass is 16.6. The molecule has 1 aliphatic heterocycles.